The highest BCUT2D eigenvalue weighted by Crippen LogP contribution is 2.18. The highest BCUT2D eigenvalue weighted by atomic mass is 79.9. The average molecular weight is 340 g/mol. The Labute approximate surface area is 119 Å². The summed E-state index contributed by atoms with van der Waals surface area (Å²) in [5, 5.41) is 2.84. The Morgan fingerprint density at radius 1 is 1.53 bits per heavy atom. The van der Waals surface area contributed by atoms with Crippen molar-refractivity contribution in [2.45, 2.75) is 18.9 Å². The minimum absolute atomic E-state index is 0.267. The van der Waals surface area contributed by atoms with Crippen LogP contribution in [0.4, 0.5) is 0 Å². The Balaban J connectivity index is 2.89. The number of aromatic nitrogens is 1. The number of hydrogen-bond donors (Lipinski definition) is 1. The van der Waals surface area contributed by atoms with Gasteiger partial charge in [-0.2, -0.15) is 0 Å². The largest absolute Gasteiger partial charge is 0.343 e. The quantitative estimate of drug-likeness (QED) is 0.837. The lowest BCUT2D eigenvalue weighted by atomic mass is 10.0. The Morgan fingerprint density at radius 2 is 2.18 bits per heavy atom. The maximum atomic E-state index is 12.0. The van der Waals surface area contributed by atoms with E-state index in [9.17, 15) is 4.79 Å². The number of carbonyl (C=O) groups excluding carboxylic acids is 1. The van der Waals surface area contributed by atoms with E-state index in [1.807, 2.05) is 6.92 Å². The molecular formula is C11H13BrCl2N2O. The normalized spacial score (nSPS) is 11.3. The Bertz CT molecular complexity index is 389. The van der Waals surface area contributed by atoms with Crippen molar-refractivity contribution in [1.29, 1.82) is 0 Å². The third-order valence-corrected chi connectivity index (χ3v) is 4.20. The van der Waals surface area contributed by atoms with Gasteiger partial charge >= 0.3 is 0 Å². The van der Waals surface area contributed by atoms with Crippen LogP contribution in [0.1, 0.15) is 23.8 Å². The SMILES string of the molecule is CCC(CCl)(CCl)NC(=O)c1ncccc1Br. The van der Waals surface area contributed by atoms with Crippen LogP contribution in [0, 0.1) is 0 Å². The maximum Gasteiger partial charge on any atom is 0.271 e. The second kappa shape index (κ2) is 6.57. The molecule has 1 aromatic heterocycles. The first-order chi connectivity index (χ1) is 8.08. The molecule has 0 atom stereocenters. The van der Waals surface area contributed by atoms with E-state index in [4.69, 9.17) is 23.2 Å². The van der Waals surface area contributed by atoms with Gasteiger partial charge in [-0.3, -0.25) is 4.79 Å². The van der Waals surface area contributed by atoms with Gasteiger partial charge in [-0.05, 0) is 34.5 Å². The predicted octanol–water partition coefficient (Wildman–Crippen LogP) is 3.20. The lowest BCUT2D eigenvalue weighted by Crippen LogP contribution is -2.51. The molecule has 0 aliphatic heterocycles. The van der Waals surface area contributed by atoms with Crippen LogP contribution < -0.4 is 5.32 Å². The molecule has 17 heavy (non-hydrogen) atoms. The molecule has 0 radical (unpaired) electrons. The molecule has 0 saturated heterocycles. The average Bonchev–Trinajstić information content (AvgIpc) is 2.36. The van der Waals surface area contributed by atoms with Crippen LogP contribution in [-0.2, 0) is 0 Å². The highest BCUT2D eigenvalue weighted by molar-refractivity contribution is 9.10. The number of amides is 1. The number of alkyl halides is 2. The summed E-state index contributed by atoms with van der Waals surface area (Å²) in [6.07, 6.45) is 2.23. The van der Waals surface area contributed by atoms with Gasteiger partial charge < -0.3 is 5.32 Å². The Morgan fingerprint density at radius 3 is 2.65 bits per heavy atom. The first kappa shape index (κ1) is 14.7. The van der Waals surface area contributed by atoms with Crippen molar-refractivity contribution in [3.05, 3.63) is 28.5 Å². The fraction of sp³-hybridized carbons (Fsp3) is 0.455. The molecule has 6 heteroatoms. The molecule has 1 N–H and O–H groups in total. The summed E-state index contributed by atoms with van der Waals surface area (Å²) >= 11 is 15.0. The van der Waals surface area contributed by atoms with Gasteiger partial charge in [0.05, 0.1) is 5.54 Å². The zero-order chi connectivity index (χ0) is 12.9. The molecule has 0 unspecified atom stereocenters. The number of nitrogens with one attached hydrogen (secondary N) is 1. The van der Waals surface area contributed by atoms with Crippen molar-refractivity contribution in [3.8, 4) is 0 Å². The molecule has 0 aromatic carbocycles. The molecule has 0 fully saturated rings. The maximum absolute atomic E-state index is 12.0. The fourth-order valence-electron chi connectivity index (χ4n) is 1.23. The van der Waals surface area contributed by atoms with Gasteiger partial charge in [0.25, 0.3) is 5.91 Å². The van der Waals surface area contributed by atoms with Crippen molar-refractivity contribution in [3.63, 3.8) is 0 Å². The summed E-state index contributed by atoms with van der Waals surface area (Å²) in [5.74, 6) is 0.257. The molecule has 94 valence electrons. The lowest BCUT2D eigenvalue weighted by molar-refractivity contribution is 0.0907. The van der Waals surface area contributed by atoms with E-state index in [-0.39, 0.29) is 17.7 Å². The molecule has 0 aliphatic rings. The van der Waals surface area contributed by atoms with E-state index in [0.29, 0.717) is 16.6 Å². The number of rotatable bonds is 5. The van der Waals surface area contributed by atoms with Crippen LogP contribution in [0.2, 0.25) is 0 Å². The summed E-state index contributed by atoms with van der Waals surface area (Å²) in [6, 6.07) is 3.51. The standard InChI is InChI=1S/C11H13BrCl2N2O/c1-2-11(6-13,7-14)16-10(17)9-8(12)4-3-5-15-9/h3-5H,2,6-7H2,1H3,(H,16,17). The molecule has 0 saturated carbocycles. The van der Waals surface area contributed by atoms with Crippen LogP contribution in [0.15, 0.2) is 22.8 Å². The van der Waals surface area contributed by atoms with Gasteiger partial charge in [-0.15, -0.1) is 23.2 Å². The number of nitrogens with zero attached hydrogens (tertiary/aromatic N) is 1. The third kappa shape index (κ3) is 3.57. The third-order valence-electron chi connectivity index (χ3n) is 2.54. The molecule has 1 heterocycles. The van der Waals surface area contributed by atoms with Crippen molar-refractivity contribution in [2.24, 2.45) is 0 Å². The van der Waals surface area contributed by atoms with Gasteiger partial charge in [0, 0.05) is 22.4 Å². The number of hydrogen-bond acceptors (Lipinski definition) is 2. The predicted molar refractivity (Wildman–Crippen MR) is 73.9 cm³/mol. The van der Waals surface area contributed by atoms with Crippen molar-refractivity contribution in [1.82, 2.24) is 10.3 Å². The summed E-state index contributed by atoms with van der Waals surface area (Å²) < 4.78 is 0.645. The van der Waals surface area contributed by atoms with E-state index in [1.165, 1.54) is 0 Å². The fourth-order valence-corrected chi connectivity index (χ4v) is 2.47. The highest BCUT2D eigenvalue weighted by Gasteiger charge is 2.29. The molecule has 1 rings (SSSR count). The van der Waals surface area contributed by atoms with E-state index in [0.717, 1.165) is 0 Å². The molecule has 0 aliphatic carbocycles. The van der Waals surface area contributed by atoms with Gasteiger partial charge in [-0.25, -0.2) is 4.98 Å². The van der Waals surface area contributed by atoms with Crippen LogP contribution in [-0.4, -0.2) is 28.2 Å². The minimum atomic E-state index is -0.586. The van der Waals surface area contributed by atoms with Gasteiger partial charge in [0.1, 0.15) is 5.69 Å². The zero-order valence-electron chi connectivity index (χ0n) is 9.34. The summed E-state index contributed by atoms with van der Waals surface area (Å²) in [5.41, 5.74) is -0.252. The number of carbonyl (C=O) groups is 1. The number of halogens is 3. The summed E-state index contributed by atoms with van der Waals surface area (Å²) in [6.45, 7) is 1.93. The molecule has 0 bridgehead atoms. The van der Waals surface area contributed by atoms with Gasteiger partial charge in [0.2, 0.25) is 0 Å². The second-order valence-electron chi connectivity index (χ2n) is 3.69. The molecule has 1 amide bonds. The minimum Gasteiger partial charge on any atom is -0.343 e. The van der Waals surface area contributed by atoms with Crippen LogP contribution in [0.3, 0.4) is 0 Å². The second-order valence-corrected chi connectivity index (χ2v) is 5.08. The lowest BCUT2D eigenvalue weighted by Gasteiger charge is -2.29. The molecule has 1 aromatic rings. The smallest absolute Gasteiger partial charge is 0.271 e. The van der Waals surface area contributed by atoms with E-state index in [1.54, 1.807) is 18.3 Å². The Hall–Kier alpha value is -0.320. The van der Waals surface area contributed by atoms with Gasteiger partial charge in [0.15, 0.2) is 0 Å². The summed E-state index contributed by atoms with van der Waals surface area (Å²) in [4.78, 5) is 16.1. The van der Waals surface area contributed by atoms with Crippen molar-refractivity contribution < 1.29 is 4.79 Å². The van der Waals surface area contributed by atoms with Crippen LogP contribution in [0.5, 0.6) is 0 Å². The van der Waals surface area contributed by atoms with Crippen LogP contribution >= 0.6 is 39.1 Å². The number of pyridine rings is 1. The first-order valence-electron chi connectivity index (χ1n) is 5.13. The van der Waals surface area contributed by atoms with Crippen molar-refractivity contribution in [2.75, 3.05) is 11.8 Å². The van der Waals surface area contributed by atoms with Crippen LogP contribution in [0.25, 0.3) is 0 Å². The topological polar surface area (TPSA) is 42.0 Å². The Kier molecular flexibility index (Phi) is 5.70. The first-order valence-corrected chi connectivity index (χ1v) is 6.99. The molecule has 0 spiro atoms. The molecule has 3 nitrogen and oxygen atoms in total. The van der Waals surface area contributed by atoms with E-state index < -0.39 is 5.54 Å². The monoisotopic (exact) mass is 338 g/mol. The summed E-state index contributed by atoms with van der Waals surface area (Å²) in [7, 11) is 0. The molecular weight excluding hydrogens is 327 g/mol. The van der Waals surface area contributed by atoms with Gasteiger partial charge in [-0.1, -0.05) is 6.92 Å². The van der Waals surface area contributed by atoms with E-state index in [2.05, 4.69) is 26.2 Å². The van der Waals surface area contributed by atoms with Crippen molar-refractivity contribution >= 4 is 45.0 Å². The van der Waals surface area contributed by atoms with E-state index >= 15 is 0 Å². The zero-order valence-corrected chi connectivity index (χ0v) is 12.4.